The standard InChI is InChI=1S/C16H21N3O2.ClH/c20-15-2-1-9-19(15)12-13-3-5-14(6-4-13)16(21)18-10-7-17-8-11-18;/h3-6,17H,1-2,7-12H2;1H. The number of carbonyl (C=O) groups excluding carboxylic acids is 2. The van der Waals surface area contributed by atoms with Gasteiger partial charge in [0, 0.05) is 51.3 Å². The van der Waals surface area contributed by atoms with Gasteiger partial charge in [0.1, 0.15) is 0 Å². The van der Waals surface area contributed by atoms with Crippen molar-refractivity contribution in [2.24, 2.45) is 0 Å². The van der Waals surface area contributed by atoms with Crippen LogP contribution in [0.4, 0.5) is 0 Å². The van der Waals surface area contributed by atoms with Crippen molar-refractivity contribution in [3.05, 3.63) is 35.4 Å². The van der Waals surface area contributed by atoms with Gasteiger partial charge in [-0.05, 0) is 24.1 Å². The average molecular weight is 324 g/mol. The number of amides is 2. The molecule has 0 aromatic heterocycles. The number of rotatable bonds is 3. The lowest BCUT2D eigenvalue weighted by Crippen LogP contribution is -2.46. The zero-order valence-electron chi connectivity index (χ0n) is 12.6. The van der Waals surface area contributed by atoms with Gasteiger partial charge in [0.15, 0.2) is 0 Å². The first-order valence-corrected chi connectivity index (χ1v) is 7.61. The number of nitrogens with one attached hydrogen (secondary N) is 1. The number of likely N-dealkylation sites (tertiary alicyclic amines) is 1. The topological polar surface area (TPSA) is 52.7 Å². The third kappa shape index (κ3) is 3.78. The molecule has 5 nitrogen and oxygen atoms in total. The van der Waals surface area contributed by atoms with Crippen molar-refractivity contribution in [1.29, 1.82) is 0 Å². The first-order chi connectivity index (χ1) is 10.2. The van der Waals surface area contributed by atoms with Gasteiger partial charge in [0.2, 0.25) is 5.91 Å². The summed E-state index contributed by atoms with van der Waals surface area (Å²) in [6.07, 6.45) is 1.62. The molecule has 2 amide bonds. The average Bonchev–Trinajstić information content (AvgIpc) is 2.93. The molecule has 0 unspecified atom stereocenters. The molecule has 2 aliphatic rings. The van der Waals surface area contributed by atoms with Crippen LogP contribution in [0.2, 0.25) is 0 Å². The third-order valence-corrected chi connectivity index (χ3v) is 4.15. The third-order valence-electron chi connectivity index (χ3n) is 4.15. The largest absolute Gasteiger partial charge is 0.338 e. The number of carbonyl (C=O) groups is 2. The minimum absolute atomic E-state index is 0. The molecule has 0 aliphatic carbocycles. The van der Waals surface area contributed by atoms with Gasteiger partial charge in [-0.3, -0.25) is 9.59 Å². The second kappa shape index (κ2) is 7.61. The van der Waals surface area contributed by atoms with Crippen LogP contribution in [0.1, 0.15) is 28.8 Å². The summed E-state index contributed by atoms with van der Waals surface area (Å²) >= 11 is 0. The number of hydrogen-bond acceptors (Lipinski definition) is 3. The van der Waals surface area contributed by atoms with Crippen molar-refractivity contribution >= 4 is 24.2 Å². The van der Waals surface area contributed by atoms with E-state index in [0.29, 0.717) is 13.0 Å². The number of piperazine rings is 1. The maximum Gasteiger partial charge on any atom is 0.253 e. The molecule has 2 aliphatic heterocycles. The van der Waals surface area contributed by atoms with E-state index in [4.69, 9.17) is 0 Å². The van der Waals surface area contributed by atoms with Crippen LogP contribution in [0.15, 0.2) is 24.3 Å². The number of nitrogens with zero attached hydrogens (tertiary/aromatic N) is 2. The van der Waals surface area contributed by atoms with Crippen molar-refractivity contribution in [3.8, 4) is 0 Å². The molecule has 3 rings (SSSR count). The highest BCUT2D eigenvalue weighted by Gasteiger charge is 2.21. The Morgan fingerprint density at radius 2 is 1.77 bits per heavy atom. The van der Waals surface area contributed by atoms with E-state index < -0.39 is 0 Å². The van der Waals surface area contributed by atoms with E-state index >= 15 is 0 Å². The van der Waals surface area contributed by atoms with Crippen molar-refractivity contribution < 1.29 is 9.59 Å². The zero-order valence-corrected chi connectivity index (χ0v) is 13.4. The predicted molar refractivity (Wildman–Crippen MR) is 87.1 cm³/mol. The van der Waals surface area contributed by atoms with Gasteiger partial charge in [-0.1, -0.05) is 12.1 Å². The number of hydrogen-bond donors (Lipinski definition) is 1. The Morgan fingerprint density at radius 3 is 2.36 bits per heavy atom. The Balaban J connectivity index is 0.00000176. The van der Waals surface area contributed by atoms with Gasteiger partial charge in [-0.25, -0.2) is 0 Å². The first-order valence-electron chi connectivity index (χ1n) is 7.61. The molecule has 2 fully saturated rings. The molecule has 6 heteroatoms. The van der Waals surface area contributed by atoms with Crippen molar-refractivity contribution in [2.75, 3.05) is 32.7 Å². The molecule has 2 saturated heterocycles. The number of benzene rings is 1. The Kier molecular flexibility index (Phi) is 5.80. The minimum atomic E-state index is 0. The summed E-state index contributed by atoms with van der Waals surface area (Å²) in [5, 5.41) is 3.24. The van der Waals surface area contributed by atoms with Gasteiger partial charge in [0.25, 0.3) is 5.91 Å². The minimum Gasteiger partial charge on any atom is -0.338 e. The van der Waals surface area contributed by atoms with E-state index in [2.05, 4.69) is 5.32 Å². The van der Waals surface area contributed by atoms with Crippen LogP contribution in [0.3, 0.4) is 0 Å². The fourth-order valence-corrected chi connectivity index (χ4v) is 2.89. The SMILES string of the molecule is Cl.O=C1CCCN1Cc1ccc(C(=O)N2CCNCC2)cc1. The normalized spacial score (nSPS) is 18.3. The highest BCUT2D eigenvalue weighted by Crippen LogP contribution is 2.15. The molecule has 1 N–H and O–H groups in total. The summed E-state index contributed by atoms with van der Waals surface area (Å²) in [6, 6.07) is 7.67. The lowest BCUT2D eigenvalue weighted by molar-refractivity contribution is -0.128. The van der Waals surface area contributed by atoms with Crippen LogP contribution in [0.25, 0.3) is 0 Å². The van der Waals surface area contributed by atoms with E-state index in [0.717, 1.165) is 50.3 Å². The Morgan fingerprint density at radius 1 is 1.09 bits per heavy atom. The monoisotopic (exact) mass is 323 g/mol. The molecule has 0 bridgehead atoms. The Labute approximate surface area is 137 Å². The molecular formula is C16H22ClN3O2. The van der Waals surface area contributed by atoms with Gasteiger partial charge in [0.05, 0.1) is 0 Å². The highest BCUT2D eigenvalue weighted by molar-refractivity contribution is 5.94. The molecule has 2 heterocycles. The van der Waals surface area contributed by atoms with Gasteiger partial charge < -0.3 is 15.1 Å². The molecule has 120 valence electrons. The highest BCUT2D eigenvalue weighted by atomic mass is 35.5. The fourth-order valence-electron chi connectivity index (χ4n) is 2.89. The summed E-state index contributed by atoms with van der Waals surface area (Å²) in [7, 11) is 0. The molecule has 1 aromatic rings. The number of halogens is 1. The van der Waals surface area contributed by atoms with Gasteiger partial charge >= 0.3 is 0 Å². The fraction of sp³-hybridized carbons (Fsp3) is 0.500. The molecule has 22 heavy (non-hydrogen) atoms. The van der Waals surface area contributed by atoms with Gasteiger partial charge in [-0.15, -0.1) is 12.4 Å². The van der Waals surface area contributed by atoms with E-state index in [9.17, 15) is 9.59 Å². The second-order valence-corrected chi connectivity index (χ2v) is 5.66. The van der Waals surface area contributed by atoms with Gasteiger partial charge in [-0.2, -0.15) is 0 Å². The van der Waals surface area contributed by atoms with Crippen LogP contribution in [0.5, 0.6) is 0 Å². The molecule has 0 radical (unpaired) electrons. The summed E-state index contributed by atoms with van der Waals surface area (Å²) < 4.78 is 0. The lowest BCUT2D eigenvalue weighted by atomic mass is 10.1. The van der Waals surface area contributed by atoms with E-state index in [1.807, 2.05) is 34.1 Å². The maximum absolute atomic E-state index is 12.3. The van der Waals surface area contributed by atoms with Crippen LogP contribution in [-0.2, 0) is 11.3 Å². The van der Waals surface area contributed by atoms with E-state index in [1.54, 1.807) is 0 Å². The quantitative estimate of drug-likeness (QED) is 0.911. The molecule has 1 aromatic carbocycles. The summed E-state index contributed by atoms with van der Waals surface area (Å²) in [5.74, 6) is 0.330. The van der Waals surface area contributed by atoms with Crippen LogP contribution < -0.4 is 5.32 Å². The van der Waals surface area contributed by atoms with Crippen LogP contribution in [0, 0.1) is 0 Å². The van der Waals surface area contributed by atoms with E-state index in [1.165, 1.54) is 0 Å². The first kappa shape index (κ1) is 16.8. The molecule has 0 atom stereocenters. The summed E-state index contributed by atoms with van der Waals surface area (Å²) in [4.78, 5) is 27.7. The van der Waals surface area contributed by atoms with Crippen molar-refractivity contribution in [1.82, 2.24) is 15.1 Å². The van der Waals surface area contributed by atoms with Crippen molar-refractivity contribution in [2.45, 2.75) is 19.4 Å². The van der Waals surface area contributed by atoms with Crippen LogP contribution in [-0.4, -0.2) is 54.3 Å². The predicted octanol–water partition coefficient (Wildman–Crippen LogP) is 1.28. The van der Waals surface area contributed by atoms with Crippen molar-refractivity contribution in [3.63, 3.8) is 0 Å². The zero-order chi connectivity index (χ0) is 14.7. The molecular weight excluding hydrogens is 302 g/mol. The Bertz CT molecular complexity index is 527. The maximum atomic E-state index is 12.3. The van der Waals surface area contributed by atoms with Crippen LogP contribution >= 0.6 is 12.4 Å². The molecule has 0 saturated carbocycles. The summed E-state index contributed by atoms with van der Waals surface area (Å²) in [5.41, 5.74) is 1.82. The van der Waals surface area contributed by atoms with E-state index in [-0.39, 0.29) is 24.2 Å². The smallest absolute Gasteiger partial charge is 0.253 e. The molecule has 0 spiro atoms. The lowest BCUT2D eigenvalue weighted by Gasteiger charge is -2.27. The Hall–Kier alpha value is -1.59. The summed E-state index contributed by atoms with van der Waals surface area (Å²) in [6.45, 7) is 4.76. The second-order valence-electron chi connectivity index (χ2n) is 5.66.